The topological polar surface area (TPSA) is 214 Å². The smallest absolute Gasteiger partial charge is 0.328 e. The van der Waals surface area contributed by atoms with Crippen molar-refractivity contribution in [3.8, 4) is 5.75 Å². The Bertz CT molecular complexity index is 2160. The lowest BCUT2D eigenvalue weighted by Crippen LogP contribution is -2.46. The Morgan fingerprint density at radius 3 is 2.64 bits per heavy atom. The van der Waals surface area contributed by atoms with Crippen LogP contribution in [0, 0.1) is 5.82 Å². The number of halogens is 1. The lowest BCUT2D eigenvalue weighted by atomic mass is 9.82. The molecule has 5 N–H and O–H groups in total. The molecule has 16 nitrogen and oxygen atoms in total. The molecule has 3 aromatic rings. The second-order valence-corrected chi connectivity index (χ2v) is 16.3. The SMILES string of the molecule is COC(=O)[C@H](CCCCNC(=O)c1cc2cc([C@]3(CN4Cc5ccc(OC)cc5C4=O)CC(=O)NC3=O)oc2cc1F)NC(=O)CCCC[C@@H]1SCC2NC(=O)NC21. The van der Waals surface area contributed by atoms with E-state index in [1.54, 1.807) is 18.2 Å². The van der Waals surface area contributed by atoms with Gasteiger partial charge in [0, 0.05) is 54.1 Å². The van der Waals surface area contributed by atoms with Gasteiger partial charge < -0.3 is 40.1 Å². The number of carbonyl (C=O) groups excluding carboxylic acids is 7. The number of fused-ring (bicyclic) bond motifs is 3. The first-order valence-corrected chi connectivity index (χ1v) is 20.3. The van der Waals surface area contributed by atoms with Crippen LogP contribution in [0.3, 0.4) is 0 Å². The van der Waals surface area contributed by atoms with Crippen molar-refractivity contribution in [2.75, 3.05) is 33.1 Å². The maximum absolute atomic E-state index is 15.3. The number of unbranched alkanes of at least 4 members (excludes halogenated alkanes) is 2. The molecule has 2 unspecified atom stereocenters. The van der Waals surface area contributed by atoms with Crippen molar-refractivity contribution in [2.24, 2.45) is 0 Å². The average molecular weight is 821 g/mol. The Labute approximate surface area is 337 Å². The molecule has 3 fully saturated rings. The van der Waals surface area contributed by atoms with Crippen LogP contribution in [0.15, 0.2) is 40.8 Å². The van der Waals surface area contributed by atoms with Crippen LogP contribution in [0.1, 0.15) is 83.4 Å². The van der Waals surface area contributed by atoms with Gasteiger partial charge in [-0.2, -0.15) is 11.8 Å². The average Bonchev–Trinajstić information content (AvgIpc) is 4.01. The highest BCUT2D eigenvalue weighted by molar-refractivity contribution is 8.00. The van der Waals surface area contributed by atoms with Crippen LogP contribution < -0.4 is 31.3 Å². The van der Waals surface area contributed by atoms with Crippen LogP contribution in [0.5, 0.6) is 5.75 Å². The molecule has 18 heteroatoms. The van der Waals surface area contributed by atoms with Crippen molar-refractivity contribution >= 4 is 64.3 Å². The number of methoxy groups -OCH3 is 2. The summed E-state index contributed by atoms with van der Waals surface area (Å²) in [5.74, 6) is -2.54. The molecule has 0 bridgehead atoms. The maximum Gasteiger partial charge on any atom is 0.328 e. The molecule has 1 aromatic heterocycles. The van der Waals surface area contributed by atoms with Gasteiger partial charge in [0.25, 0.3) is 11.8 Å². The van der Waals surface area contributed by atoms with E-state index in [0.717, 1.165) is 30.2 Å². The Kier molecular flexibility index (Phi) is 11.9. The minimum absolute atomic E-state index is 0.0508. The molecule has 308 valence electrons. The van der Waals surface area contributed by atoms with E-state index in [0.29, 0.717) is 41.2 Å². The zero-order chi connectivity index (χ0) is 41.1. The zero-order valence-corrected chi connectivity index (χ0v) is 32.9. The van der Waals surface area contributed by atoms with E-state index < -0.39 is 41.0 Å². The fourth-order valence-electron chi connectivity index (χ4n) is 8.14. The summed E-state index contributed by atoms with van der Waals surface area (Å²) >= 11 is 1.81. The molecule has 3 saturated heterocycles. The van der Waals surface area contributed by atoms with Crippen molar-refractivity contribution in [3.05, 3.63) is 64.7 Å². The fourth-order valence-corrected chi connectivity index (χ4v) is 9.69. The van der Waals surface area contributed by atoms with Gasteiger partial charge in [-0.25, -0.2) is 14.0 Å². The van der Waals surface area contributed by atoms with Gasteiger partial charge in [0.05, 0.1) is 38.3 Å². The van der Waals surface area contributed by atoms with E-state index in [1.165, 1.54) is 31.3 Å². The summed E-state index contributed by atoms with van der Waals surface area (Å²) in [6.45, 7) is 0.162. The van der Waals surface area contributed by atoms with Crippen molar-refractivity contribution in [1.29, 1.82) is 0 Å². The number of hydrogen-bond donors (Lipinski definition) is 5. The molecule has 4 aliphatic rings. The number of esters is 1. The van der Waals surface area contributed by atoms with E-state index in [1.807, 2.05) is 11.8 Å². The third-order valence-corrected chi connectivity index (χ3v) is 12.7. The van der Waals surface area contributed by atoms with Crippen LogP contribution in [0.25, 0.3) is 11.0 Å². The van der Waals surface area contributed by atoms with Gasteiger partial charge in [0.15, 0.2) is 0 Å². The molecule has 5 heterocycles. The highest BCUT2D eigenvalue weighted by Crippen LogP contribution is 2.40. The molecule has 2 aromatic carbocycles. The standard InChI is InChI=1S/C40H45FN6O10S/c1-55-23-11-10-21-18-47(36(51)24(21)15-23)20-40(17-33(49)45-38(40)53)31-14-22-13-25(26(41)16-29(22)57-31)35(50)42-12-6-5-7-27(37(52)56-2)43-32(48)9-4-3-8-30-34-28(19-58-30)44-39(54)46-34/h10-11,13-16,27-28,30,34H,3-9,12,17-20H2,1-2H3,(H,42,50)(H,43,48)(H2,44,46,54)(H,45,49,53)/t27-,28?,30-,34?,40+/m0/s1. The number of nitrogens with zero attached hydrogens (tertiary/aromatic N) is 1. The molecule has 4 aliphatic heterocycles. The van der Waals surface area contributed by atoms with E-state index in [2.05, 4.69) is 26.6 Å². The number of imide groups is 1. The van der Waals surface area contributed by atoms with Crippen molar-refractivity contribution in [3.63, 3.8) is 0 Å². The lowest BCUT2D eigenvalue weighted by molar-refractivity contribution is -0.145. The molecular weight excluding hydrogens is 776 g/mol. The number of carbonyl (C=O) groups is 7. The number of hydrogen-bond acceptors (Lipinski definition) is 11. The monoisotopic (exact) mass is 820 g/mol. The fraction of sp³-hybridized carbons (Fsp3) is 0.475. The molecule has 5 atom stereocenters. The van der Waals surface area contributed by atoms with Crippen molar-refractivity contribution in [1.82, 2.24) is 31.5 Å². The molecule has 7 rings (SSSR count). The van der Waals surface area contributed by atoms with Crippen LogP contribution in [-0.2, 0) is 35.9 Å². The first-order chi connectivity index (χ1) is 27.9. The van der Waals surface area contributed by atoms with Gasteiger partial charge in [-0.1, -0.05) is 12.5 Å². The molecule has 0 spiro atoms. The zero-order valence-electron chi connectivity index (χ0n) is 32.1. The summed E-state index contributed by atoms with van der Waals surface area (Å²) < 4.78 is 31.5. The van der Waals surface area contributed by atoms with Gasteiger partial charge in [-0.3, -0.25) is 29.3 Å². The van der Waals surface area contributed by atoms with Gasteiger partial charge in [0.2, 0.25) is 17.7 Å². The molecule has 58 heavy (non-hydrogen) atoms. The van der Waals surface area contributed by atoms with Crippen LogP contribution >= 0.6 is 11.8 Å². The van der Waals surface area contributed by atoms with E-state index in [9.17, 15) is 33.6 Å². The summed E-state index contributed by atoms with van der Waals surface area (Å²) in [6, 6.07) is 8.19. The Balaban J connectivity index is 0.911. The summed E-state index contributed by atoms with van der Waals surface area (Å²) in [6.07, 6.45) is 3.36. The van der Waals surface area contributed by atoms with E-state index in [4.69, 9.17) is 13.9 Å². The third kappa shape index (κ3) is 8.33. The van der Waals surface area contributed by atoms with Gasteiger partial charge in [-0.05, 0) is 61.9 Å². The lowest BCUT2D eigenvalue weighted by Gasteiger charge is -2.28. The molecule has 7 amide bonds. The minimum atomic E-state index is -1.59. The molecule has 0 radical (unpaired) electrons. The Hall–Kier alpha value is -5.65. The Morgan fingerprint density at radius 2 is 1.88 bits per heavy atom. The van der Waals surface area contributed by atoms with Gasteiger partial charge >= 0.3 is 12.0 Å². The largest absolute Gasteiger partial charge is 0.497 e. The van der Waals surface area contributed by atoms with Crippen LogP contribution in [0.2, 0.25) is 0 Å². The second kappa shape index (κ2) is 17.1. The summed E-state index contributed by atoms with van der Waals surface area (Å²) in [4.78, 5) is 90.7. The van der Waals surface area contributed by atoms with Crippen LogP contribution in [0.4, 0.5) is 9.18 Å². The molecule has 0 aliphatic carbocycles. The summed E-state index contributed by atoms with van der Waals surface area (Å²) in [5, 5.41) is 14.2. The number of furan rings is 1. The third-order valence-electron chi connectivity index (χ3n) is 11.2. The van der Waals surface area contributed by atoms with Crippen molar-refractivity contribution in [2.45, 2.75) is 86.7 Å². The van der Waals surface area contributed by atoms with Gasteiger partial charge in [-0.15, -0.1) is 0 Å². The normalized spacial score (nSPS) is 22.6. The van der Waals surface area contributed by atoms with E-state index in [-0.39, 0.29) is 85.7 Å². The maximum atomic E-state index is 15.3. The minimum Gasteiger partial charge on any atom is -0.497 e. The summed E-state index contributed by atoms with van der Waals surface area (Å²) in [5.41, 5.74) is -0.651. The quantitative estimate of drug-likeness (QED) is 0.0578. The number of thioether (sulfide) groups is 1. The predicted molar refractivity (Wildman–Crippen MR) is 207 cm³/mol. The van der Waals surface area contributed by atoms with Crippen molar-refractivity contribution < 1.29 is 51.8 Å². The first kappa shape index (κ1) is 40.5. The number of rotatable bonds is 17. The number of urea groups is 1. The van der Waals surface area contributed by atoms with Crippen LogP contribution in [-0.4, -0.2) is 103 Å². The number of benzene rings is 2. The number of ether oxygens (including phenoxy) is 2. The summed E-state index contributed by atoms with van der Waals surface area (Å²) in [7, 11) is 2.73. The second-order valence-electron chi connectivity index (χ2n) is 15.1. The highest BCUT2D eigenvalue weighted by atomic mass is 32.2. The number of nitrogens with one attached hydrogen (secondary N) is 5. The molecule has 0 saturated carbocycles. The van der Waals surface area contributed by atoms with E-state index >= 15 is 4.39 Å². The van der Waals surface area contributed by atoms with Gasteiger partial charge in [0.1, 0.15) is 34.4 Å². The number of amides is 7. The molecular formula is C40H45FN6O10S. The Morgan fingerprint density at radius 1 is 1.05 bits per heavy atom. The highest BCUT2D eigenvalue weighted by Gasteiger charge is 2.53. The first-order valence-electron chi connectivity index (χ1n) is 19.3. The predicted octanol–water partition coefficient (Wildman–Crippen LogP) is 2.80.